The Kier molecular flexibility index (Phi) is 7.36. The molecule has 2 aromatic carbocycles. The third kappa shape index (κ3) is 5.71. The number of halogens is 6. The molecule has 1 aliphatic rings. The molecule has 0 amide bonds. The topological polar surface area (TPSA) is 73.2 Å². The zero-order valence-corrected chi connectivity index (χ0v) is 19.7. The highest BCUT2D eigenvalue weighted by molar-refractivity contribution is 6.31. The van der Waals surface area contributed by atoms with Crippen molar-refractivity contribution >= 4 is 17.4 Å². The SMILES string of the molecule is Cn1c(N2CC[NH2+]CC2)cc(OCc2cc(F)c(Oc3ccc(Cl)c(C(F)(F)F)c3)c(F)c2)nc1=O. The number of nitrogens with zero attached hydrogens (tertiary/aromatic N) is 3. The van der Waals surface area contributed by atoms with E-state index in [0.717, 1.165) is 50.4 Å². The molecular formula is C23H21ClF5N4O3+. The van der Waals surface area contributed by atoms with E-state index in [4.69, 9.17) is 21.1 Å². The second-order valence-electron chi connectivity index (χ2n) is 8.07. The molecule has 7 nitrogen and oxygen atoms in total. The van der Waals surface area contributed by atoms with Gasteiger partial charge < -0.3 is 19.7 Å². The van der Waals surface area contributed by atoms with Crippen LogP contribution in [0.5, 0.6) is 17.4 Å². The Morgan fingerprint density at radius 2 is 1.75 bits per heavy atom. The Balaban J connectivity index is 1.51. The van der Waals surface area contributed by atoms with Crippen LogP contribution in [0.3, 0.4) is 0 Å². The molecule has 192 valence electrons. The first-order valence-electron chi connectivity index (χ1n) is 10.8. The van der Waals surface area contributed by atoms with Gasteiger partial charge >= 0.3 is 11.9 Å². The molecule has 13 heteroatoms. The van der Waals surface area contributed by atoms with Gasteiger partial charge in [-0.1, -0.05) is 11.6 Å². The molecule has 2 N–H and O–H groups in total. The van der Waals surface area contributed by atoms with Crippen molar-refractivity contribution in [2.75, 3.05) is 31.1 Å². The molecule has 0 unspecified atom stereocenters. The van der Waals surface area contributed by atoms with Gasteiger partial charge in [-0.05, 0) is 35.9 Å². The second kappa shape index (κ2) is 10.3. The molecule has 4 rings (SSSR count). The molecule has 1 aromatic heterocycles. The van der Waals surface area contributed by atoms with Crippen molar-refractivity contribution in [1.29, 1.82) is 0 Å². The van der Waals surface area contributed by atoms with Crippen LogP contribution in [0.4, 0.5) is 27.8 Å². The van der Waals surface area contributed by atoms with Crippen LogP contribution < -0.4 is 25.4 Å². The number of quaternary nitrogens is 1. The molecule has 36 heavy (non-hydrogen) atoms. The van der Waals surface area contributed by atoms with Gasteiger partial charge in [0.05, 0.1) is 36.8 Å². The van der Waals surface area contributed by atoms with E-state index in [1.54, 1.807) is 13.1 Å². The number of aromatic nitrogens is 2. The third-order valence-corrected chi connectivity index (χ3v) is 5.86. The second-order valence-corrected chi connectivity index (χ2v) is 8.47. The summed E-state index contributed by atoms with van der Waals surface area (Å²) in [6.45, 7) is 2.88. The van der Waals surface area contributed by atoms with Crippen LogP contribution in [0.1, 0.15) is 11.1 Å². The minimum absolute atomic E-state index is 0.00959. The lowest BCUT2D eigenvalue weighted by molar-refractivity contribution is -0.655. The van der Waals surface area contributed by atoms with Crippen LogP contribution in [0.2, 0.25) is 5.02 Å². The summed E-state index contributed by atoms with van der Waals surface area (Å²) in [5, 5.41) is 1.58. The van der Waals surface area contributed by atoms with E-state index in [-0.39, 0.29) is 18.1 Å². The minimum Gasteiger partial charge on any atom is -0.473 e. The van der Waals surface area contributed by atoms with Crippen LogP contribution in [0.15, 0.2) is 41.2 Å². The van der Waals surface area contributed by atoms with Crippen LogP contribution in [-0.4, -0.2) is 35.7 Å². The lowest BCUT2D eigenvalue weighted by atomic mass is 10.2. The number of ether oxygens (including phenoxy) is 2. The normalized spacial score (nSPS) is 14.1. The number of hydrogen-bond acceptors (Lipinski definition) is 5. The number of nitrogens with two attached hydrogens (primary N) is 1. The molecule has 1 fully saturated rings. The lowest BCUT2D eigenvalue weighted by Crippen LogP contribution is -2.89. The first-order valence-corrected chi connectivity index (χ1v) is 11.2. The molecule has 3 aromatic rings. The van der Waals surface area contributed by atoms with Crippen molar-refractivity contribution in [1.82, 2.24) is 9.55 Å². The van der Waals surface area contributed by atoms with E-state index in [2.05, 4.69) is 10.3 Å². The zero-order chi connectivity index (χ0) is 26.0. The van der Waals surface area contributed by atoms with E-state index >= 15 is 0 Å². The van der Waals surface area contributed by atoms with Gasteiger partial charge in [0.25, 0.3) is 0 Å². The average molecular weight is 532 g/mol. The number of hydrogen-bond donors (Lipinski definition) is 1. The quantitative estimate of drug-likeness (QED) is 0.493. The smallest absolute Gasteiger partial charge is 0.417 e. The van der Waals surface area contributed by atoms with Crippen molar-refractivity contribution in [3.05, 3.63) is 74.7 Å². The van der Waals surface area contributed by atoms with Crippen LogP contribution in [-0.2, 0) is 19.8 Å². The number of alkyl halides is 3. The third-order valence-electron chi connectivity index (χ3n) is 5.53. The highest BCUT2D eigenvalue weighted by Gasteiger charge is 2.33. The summed E-state index contributed by atoms with van der Waals surface area (Å²) in [5.74, 6) is -3.03. The molecule has 0 saturated carbocycles. The molecule has 0 bridgehead atoms. The predicted octanol–water partition coefficient (Wildman–Crippen LogP) is 3.49. The van der Waals surface area contributed by atoms with Crippen LogP contribution >= 0.6 is 11.6 Å². The molecule has 1 aliphatic heterocycles. The Labute approximate surface area is 207 Å². The summed E-state index contributed by atoms with van der Waals surface area (Å²) >= 11 is 5.56. The van der Waals surface area contributed by atoms with Gasteiger partial charge in [0, 0.05) is 13.1 Å². The Morgan fingerprint density at radius 3 is 2.39 bits per heavy atom. The molecule has 0 spiro atoms. The number of benzene rings is 2. The highest BCUT2D eigenvalue weighted by Crippen LogP contribution is 2.38. The van der Waals surface area contributed by atoms with Crippen molar-refractivity contribution in [3.8, 4) is 17.4 Å². The summed E-state index contributed by atoms with van der Waals surface area (Å²) in [6, 6.07) is 5.95. The maximum atomic E-state index is 14.6. The highest BCUT2D eigenvalue weighted by atomic mass is 35.5. The van der Waals surface area contributed by atoms with Gasteiger partial charge in [0.15, 0.2) is 17.4 Å². The standard InChI is InChI=1S/C23H20ClF5N4O3/c1-32-20(33-6-4-30-5-7-33)11-19(31-22(32)34)35-12-13-8-17(25)21(18(26)9-13)36-14-2-3-16(24)15(10-14)23(27,28)29/h2-3,8-11,30H,4-7,12H2,1H3/p+1. The van der Waals surface area contributed by atoms with E-state index in [0.29, 0.717) is 11.9 Å². The summed E-state index contributed by atoms with van der Waals surface area (Å²) in [7, 11) is 1.59. The summed E-state index contributed by atoms with van der Waals surface area (Å²) < 4.78 is 80.3. The molecule has 0 atom stereocenters. The molecule has 0 radical (unpaired) electrons. The van der Waals surface area contributed by atoms with Gasteiger partial charge in [-0.2, -0.15) is 18.2 Å². The first-order chi connectivity index (χ1) is 17.0. The van der Waals surface area contributed by atoms with Crippen LogP contribution in [0, 0.1) is 11.6 Å². The van der Waals surface area contributed by atoms with Crippen molar-refractivity contribution in [2.24, 2.45) is 7.05 Å². The van der Waals surface area contributed by atoms with Crippen molar-refractivity contribution in [2.45, 2.75) is 12.8 Å². The zero-order valence-electron chi connectivity index (χ0n) is 18.9. The summed E-state index contributed by atoms with van der Waals surface area (Å²) in [5.41, 5.74) is -1.68. The van der Waals surface area contributed by atoms with Gasteiger partial charge in [0.2, 0.25) is 5.88 Å². The molecule has 2 heterocycles. The van der Waals surface area contributed by atoms with E-state index < -0.39 is 45.6 Å². The first kappa shape index (κ1) is 25.7. The molecular weight excluding hydrogens is 511 g/mol. The van der Waals surface area contributed by atoms with E-state index in [1.165, 1.54) is 4.57 Å². The fourth-order valence-corrected chi connectivity index (χ4v) is 3.94. The maximum Gasteiger partial charge on any atom is 0.417 e. The Hall–Kier alpha value is -3.38. The van der Waals surface area contributed by atoms with E-state index in [9.17, 15) is 26.7 Å². The largest absolute Gasteiger partial charge is 0.473 e. The number of piperazine rings is 1. The molecule has 0 aliphatic carbocycles. The predicted molar refractivity (Wildman–Crippen MR) is 121 cm³/mol. The Morgan fingerprint density at radius 1 is 1.08 bits per heavy atom. The average Bonchev–Trinajstić information content (AvgIpc) is 2.83. The monoisotopic (exact) mass is 531 g/mol. The summed E-state index contributed by atoms with van der Waals surface area (Å²) in [6.07, 6.45) is -4.77. The van der Waals surface area contributed by atoms with E-state index in [1.807, 2.05) is 4.90 Å². The lowest BCUT2D eigenvalue weighted by Gasteiger charge is -2.28. The fourth-order valence-electron chi connectivity index (χ4n) is 3.72. The maximum absolute atomic E-state index is 14.6. The summed E-state index contributed by atoms with van der Waals surface area (Å²) in [4.78, 5) is 18.1. The fraction of sp³-hybridized carbons (Fsp3) is 0.304. The van der Waals surface area contributed by atoms with Gasteiger partial charge in [0.1, 0.15) is 18.2 Å². The minimum atomic E-state index is -4.77. The van der Waals surface area contributed by atoms with Gasteiger partial charge in [-0.3, -0.25) is 4.57 Å². The molecule has 1 saturated heterocycles. The van der Waals surface area contributed by atoms with Crippen molar-refractivity contribution < 1.29 is 36.7 Å². The van der Waals surface area contributed by atoms with Crippen molar-refractivity contribution in [3.63, 3.8) is 0 Å². The Bertz CT molecular complexity index is 1300. The van der Waals surface area contributed by atoms with Gasteiger partial charge in [-0.25, -0.2) is 13.6 Å². The number of rotatable bonds is 6. The van der Waals surface area contributed by atoms with Crippen LogP contribution in [0.25, 0.3) is 0 Å². The van der Waals surface area contributed by atoms with Gasteiger partial charge in [-0.15, -0.1) is 0 Å². The number of anilines is 1.